The van der Waals surface area contributed by atoms with Gasteiger partial charge >= 0.3 is 11.8 Å². The Kier molecular flexibility index (Phi) is 5.00. The highest BCUT2D eigenvalue weighted by molar-refractivity contribution is 6.39. The first kappa shape index (κ1) is 21.7. The van der Waals surface area contributed by atoms with E-state index in [9.17, 15) is 14.7 Å². The molecule has 1 aliphatic heterocycles. The van der Waals surface area contributed by atoms with Crippen LogP contribution in [0.2, 0.25) is 0 Å². The van der Waals surface area contributed by atoms with Crippen LogP contribution in [0.25, 0.3) is 11.3 Å². The van der Waals surface area contributed by atoms with Crippen molar-refractivity contribution in [3.8, 4) is 11.3 Å². The van der Waals surface area contributed by atoms with Crippen LogP contribution in [0.15, 0.2) is 12.3 Å². The summed E-state index contributed by atoms with van der Waals surface area (Å²) in [5.74, 6) is 1.21. The Bertz CT molecular complexity index is 1120. The van der Waals surface area contributed by atoms with Crippen molar-refractivity contribution in [1.29, 1.82) is 0 Å². The molecule has 6 atom stereocenters. The molecule has 0 aromatic carbocycles. The minimum atomic E-state index is -0.741. The molecule has 4 bridgehead atoms. The van der Waals surface area contributed by atoms with E-state index < -0.39 is 17.4 Å². The Morgan fingerprint density at radius 3 is 2.76 bits per heavy atom. The molecular formula is C24H32N6O4. The number of fused-ring (bicyclic) bond motifs is 3. The van der Waals surface area contributed by atoms with Gasteiger partial charge in [-0.25, -0.2) is 0 Å². The molecule has 7 rings (SSSR count). The third-order valence-electron chi connectivity index (χ3n) is 8.16. The van der Waals surface area contributed by atoms with E-state index in [1.54, 1.807) is 14.0 Å². The van der Waals surface area contributed by atoms with E-state index in [0.717, 1.165) is 54.7 Å². The predicted molar refractivity (Wildman–Crippen MR) is 125 cm³/mol. The lowest BCUT2D eigenvalue weighted by Crippen LogP contribution is -2.55. The molecule has 0 spiro atoms. The summed E-state index contributed by atoms with van der Waals surface area (Å²) in [4.78, 5) is 28.4. The molecule has 182 valence electrons. The summed E-state index contributed by atoms with van der Waals surface area (Å²) in [6.07, 6.45) is 6.65. The molecule has 10 nitrogen and oxygen atoms in total. The summed E-state index contributed by atoms with van der Waals surface area (Å²) in [5.41, 5.74) is 2.35. The van der Waals surface area contributed by atoms with Gasteiger partial charge < -0.3 is 30.8 Å². The lowest BCUT2D eigenvalue weighted by molar-refractivity contribution is -0.148. The first-order valence-corrected chi connectivity index (χ1v) is 12.2. The Hall–Kier alpha value is -2.85. The number of hydrogen-bond acceptors (Lipinski definition) is 6. The number of aromatic amines is 1. The highest BCUT2D eigenvalue weighted by Gasteiger charge is 2.56. The number of carbonyl (C=O) groups excluding carboxylic acids is 2. The van der Waals surface area contributed by atoms with Crippen molar-refractivity contribution < 1.29 is 19.4 Å². The molecule has 0 radical (unpaired) electrons. The van der Waals surface area contributed by atoms with Gasteiger partial charge in [-0.15, -0.1) is 0 Å². The summed E-state index contributed by atoms with van der Waals surface area (Å²) in [7, 11) is 1.55. The first-order chi connectivity index (χ1) is 16.3. The Morgan fingerprint density at radius 2 is 2.06 bits per heavy atom. The zero-order valence-corrected chi connectivity index (χ0v) is 19.6. The number of nitrogens with zero attached hydrogens (tertiary/aromatic N) is 2. The fraction of sp³-hybridized carbons (Fsp3) is 0.625. The maximum absolute atomic E-state index is 12.7. The second-order valence-electron chi connectivity index (χ2n) is 10.7. The fourth-order valence-corrected chi connectivity index (χ4v) is 7.23. The van der Waals surface area contributed by atoms with E-state index in [-0.39, 0.29) is 12.1 Å². The third-order valence-corrected chi connectivity index (χ3v) is 8.16. The topological polar surface area (TPSA) is 133 Å². The van der Waals surface area contributed by atoms with Crippen LogP contribution in [0.5, 0.6) is 0 Å². The van der Waals surface area contributed by atoms with Crippen LogP contribution in [0.4, 0.5) is 11.6 Å². The van der Waals surface area contributed by atoms with Crippen LogP contribution in [-0.2, 0) is 20.9 Å². The van der Waals surface area contributed by atoms with Crippen LogP contribution in [-0.4, -0.2) is 57.0 Å². The Morgan fingerprint density at radius 1 is 1.29 bits per heavy atom. The Balaban J connectivity index is 1.34. The van der Waals surface area contributed by atoms with Gasteiger partial charge in [0.25, 0.3) is 0 Å². The quantitative estimate of drug-likeness (QED) is 0.426. The molecule has 2 aromatic heterocycles. The number of H-pyrrole nitrogens is 1. The fourth-order valence-electron chi connectivity index (χ4n) is 7.23. The molecular weight excluding hydrogens is 436 g/mol. The zero-order valence-electron chi connectivity index (χ0n) is 19.6. The summed E-state index contributed by atoms with van der Waals surface area (Å²) >= 11 is 0. The van der Waals surface area contributed by atoms with Gasteiger partial charge in [-0.05, 0) is 62.8 Å². The average Bonchev–Trinajstić information content (AvgIpc) is 3.37. The number of aliphatic hydroxyl groups is 1. The van der Waals surface area contributed by atoms with Crippen LogP contribution < -0.4 is 16.0 Å². The number of ether oxygens (including phenoxy) is 1. The molecule has 0 saturated heterocycles. The van der Waals surface area contributed by atoms with Crippen molar-refractivity contribution in [3.63, 3.8) is 0 Å². The maximum atomic E-state index is 12.7. The third kappa shape index (κ3) is 3.42. The van der Waals surface area contributed by atoms with Gasteiger partial charge in [0.15, 0.2) is 5.82 Å². The monoisotopic (exact) mass is 468 g/mol. The molecule has 2 aromatic rings. The van der Waals surface area contributed by atoms with Gasteiger partial charge in [-0.1, -0.05) is 0 Å². The second-order valence-corrected chi connectivity index (χ2v) is 10.7. The van der Waals surface area contributed by atoms with Crippen LogP contribution in [0.3, 0.4) is 0 Å². The van der Waals surface area contributed by atoms with E-state index >= 15 is 0 Å². The number of carbonyl (C=O) groups is 2. The van der Waals surface area contributed by atoms with E-state index in [1.165, 1.54) is 0 Å². The normalized spacial score (nSPS) is 31.4. The highest BCUT2D eigenvalue weighted by Crippen LogP contribution is 2.60. The van der Waals surface area contributed by atoms with Gasteiger partial charge in [-0.3, -0.25) is 14.3 Å². The number of aromatic nitrogens is 3. The number of methoxy groups -OCH3 is 1. The predicted octanol–water partition coefficient (Wildman–Crippen LogP) is 2.01. The number of nitrogens with one attached hydrogen (secondary N) is 4. The molecule has 2 amide bonds. The molecule has 4 aliphatic carbocycles. The van der Waals surface area contributed by atoms with Crippen LogP contribution >= 0.6 is 0 Å². The van der Waals surface area contributed by atoms with E-state index in [2.05, 4.69) is 25.6 Å². The van der Waals surface area contributed by atoms with Gasteiger partial charge in [0, 0.05) is 37.0 Å². The molecule has 3 heterocycles. The Labute approximate surface area is 197 Å². The van der Waals surface area contributed by atoms with E-state index in [4.69, 9.17) is 9.84 Å². The maximum Gasteiger partial charge on any atom is 0.314 e. The minimum absolute atomic E-state index is 0.174. The first-order valence-electron chi connectivity index (χ1n) is 12.2. The van der Waals surface area contributed by atoms with Crippen molar-refractivity contribution in [2.45, 2.75) is 63.3 Å². The van der Waals surface area contributed by atoms with E-state index in [1.807, 2.05) is 12.3 Å². The molecule has 4 saturated carbocycles. The second kappa shape index (κ2) is 7.84. The van der Waals surface area contributed by atoms with Crippen molar-refractivity contribution in [2.24, 2.45) is 17.8 Å². The van der Waals surface area contributed by atoms with Crippen molar-refractivity contribution >= 4 is 23.5 Å². The number of anilines is 2. The van der Waals surface area contributed by atoms with Crippen LogP contribution in [0, 0.1) is 17.8 Å². The number of amides is 2. The molecule has 34 heavy (non-hydrogen) atoms. The molecule has 10 heteroatoms. The SMILES string of the molecule is COCC(C)NC(=O)C(=O)Nc1nn(C2[C@@H]3CC4C[C@H]2CC(O)(C4)C3)c2c1CNc1[nH]ccc1-2. The summed E-state index contributed by atoms with van der Waals surface area (Å²) in [6, 6.07) is 1.91. The van der Waals surface area contributed by atoms with Gasteiger partial charge in [0.2, 0.25) is 0 Å². The standard InChI is InChI=1S/C24H32N6O4/c1-12(11-34-2)27-22(31)23(32)28-21-17-10-26-20-16(3-4-25-20)19(17)30(29-21)18-14-5-13-6-15(18)9-24(33,7-13)8-14/h3-4,12-15,18,25-26,33H,5-11H2,1-2H3,(H,27,31)(H,28,29,32)/t12?,13?,14-,15+,18?,24?. The van der Waals surface area contributed by atoms with Gasteiger partial charge in [0.1, 0.15) is 5.82 Å². The van der Waals surface area contributed by atoms with Gasteiger partial charge in [0.05, 0.1) is 23.9 Å². The van der Waals surface area contributed by atoms with Crippen molar-refractivity contribution in [2.75, 3.05) is 24.4 Å². The van der Waals surface area contributed by atoms with Crippen molar-refractivity contribution in [1.82, 2.24) is 20.1 Å². The lowest BCUT2D eigenvalue weighted by atomic mass is 9.52. The largest absolute Gasteiger partial charge is 0.390 e. The molecule has 5 N–H and O–H groups in total. The highest BCUT2D eigenvalue weighted by atomic mass is 16.5. The summed E-state index contributed by atoms with van der Waals surface area (Å²) in [6.45, 7) is 2.60. The number of hydrogen-bond donors (Lipinski definition) is 5. The zero-order chi connectivity index (χ0) is 23.6. The minimum Gasteiger partial charge on any atom is -0.390 e. The van der Waals surface area contributed by atoms with Crippen molar-refractivity contribution in [3.05, 3.63) is 17.8 Å². The summed E-state index contributed by atoms with van der Waals surface area (Å²) < 4.78 is 7.13. The van der Waals surface area contributed by atoms with E-state index in [0.29, 0.717) is 36.7 Å². The molecule has 4 fully saturated rings. The smallest absolute Gasteiger partial charge is 0.314 e. The average molecular weight is 469 g/mol. The van der Waals surface area contributed by atoms with Gasteiger partial charge in [-0.2, -0.15) is 5.10 Å². The lowest BCUT2D eigenvalue weighted by Gasteiger charge is -2.58. The summed E-state index contributed by atoms with van der Waals surface area (Å²) in [5, 5.41) is 24.8. The molecule has 5 aliphatic rings. The van der Waals surface area contributed by atoms with Crippen LogP contribution in [0.1, 0.15) is 50.6 Å². The number of rotatable bonds is 5. The molecule has 4 unspecified atom stereocenters.